The number of aliphatic carboxylic acids is 1. The Bertz CT molecular complexity index is 1090. The fourth-order valence-electron chi connectivity index (χ4n) is 3.39. The number of nitrogens with zero attached hydrogens (tertiary/aromatic N) is 7. The molecule has 44 heavy (non-hydrogen) atoms. The number of hydrogen-bond donors (Lipinski definition) is 3. The van der Waals surface area contributed by atoms with Gasteiger partial charge in [0.25, 0.3) is 5.91 Å². The maximum atomic E-state index is 10.9. The molecule has 6 rings (SSSR count). The van der Waals surface area contributed by atoms with Crippen LogP contribution in [0.5, 0.6) is 0 Å². The van der Waals surface area contributed by atoms with E-state index >= 15 is 0 Å². The molecule has 0 aromatic carbocycles. The van der Waals surface area contributed by atoms with Crippen molar-refractivity contribution in [3.8, 4) is 0 Å². The molecular formula is C25H38ClN9O3S6. The van der Waals surface area contributed by atoms with Crippen molar-refractivity contribution in [1.29, 1.82) is 0 Å². The van der Waals surface area contributed by atoms with Gasteiger partial charge >= 0.3 is 5.97 Å². The van der Waals surface area contributed by atoms with Gasteiger partial charge in [-0.05, 0) is 24.4 Å². The Morgan fingerprint density at radius 1 is 0.932 bits per heavy atom. The molecule has 0 atom stereocenters. The van der Waals surface area contributed by atoms with Crippen LogP contribution < -0.4 is 11.1 Å². The Balaban J connectivity index is 0.000000200. The topological polar surface area (TPSA) is 147 Å². The molecule has 4 N–H and O–H groups in total. The number of rotatable bonds is 1. The smallest absolute Gasteiger partial charge is 0.318 e. The lowest BCUT2D eigenvalue weighted by atomic mass is 10.5. The first-order valence-electron chi connectivity index (χ1n) is 13.6. The molecule has 19 heteroatoms. The molecule has 0 unspecified atom stereocenters. The number of halogens is 1. The van der Waals surface area contributed by atoms with Crippen LogP contribution >= 0.6 is 83.1 Å². The fraction of sp³-hybridized carbons (Fsp3) is 0.560. The van der Waals surface area contributed by atoms with Gasteiger partial charge in [-0.15, -0.1) is 11.6 Å². The third-order valence-corrected chi connectivity index (χ3v) is 10.3. The monoisotopic (exact) mass is 739 g/mol. The van der Waals surface area contributed by atoms with Gasteiger partial charge < -0.3 is 26.0 Å². The minimum atomic E-state index is -0.980. The van der Waals surface area contributed by atoms with E-state index in [2.05, 4.69) is 25.2 Å². The van der Waals surface area contributed by atoms with Gasteiger partial charge in [0.1, 0.15) is 18.5 Å². The van der Waals surface area contributed by atoms with Crippen molar-refractivity contribution in [1.82, 2.24) is 34.2 Å². The summed E-state index contributed by atoms with van der Waals surface area (Å²) in [6.07, 6.45) is 10.3. The van der Waals surface area contributed by atoms with E-state index in [-0.39, 0.29) is 11.8 Å². The van der Waals surface area contributed by atoms with E-state index < -0.39 is 5.97 Å². The summed E-state index contributed by atoms with van der Waals surface area (Å²) in [5.41, 5.74) is 5.42. The van der Waals surface area contributed by atoms with Crippen molar-refractivity contribution in [3.63, 3.8) is 0 Å². The van der Waals surface area contributed by atoms with Crippen LogP contribution in [0.2, 0.25) is 0 Å². The van der Waals surface area contributed by atoms with Gasteiger partial charge in [0.15, 0.2) is 15.4 Å². The lowest BCUT2D eigenvalue weighted by molar-refractivity contribution is -0.134. The molecule has 12 nitrogen and oxygen atoms in total. The van der Waals surface area contributed by atoms with E-state index in [1.807, 2.05) is 40.2 Å². The highest BCUT2D eigenvalue weighted by atomic mass is 35.5. The fourth-order valence-corrected chi connectivity index (χ4v) is 7.23. The van der Waals surface area contributed by atoms with Crippen LogP contribution in [0, 0.1) is 0 Å². The van der Waals surface area contributed by atoms with Gasteiger partial charge in [0.2, 0.25) is 0 Å². The molecule has 4 aliphatic heterocycles. The summed E-state index contributed by atoms with van der Waals surface area (Å²) in [4.78, 5) is 36.1. The zero-order chi connectivity index (χ0) is 32.0. The number of carboxylic acid groups (broad SMARTS) is 1. The van der Waals surface area contributed by atoms with Crippen LogP contribution in [-0.2, 0) is 9.59 Å². The molecule has 0 bridgehead atoms. The molecule has 2 aromatic rings. The third kappa shape index (κ3) is 16.7. The number of nitrogens with two attached hydrogens (primary N) is 1. The molecule has 4 aliphatic rings. The van der Waals surface area contributed by atoms with Gasteiger partial charge in [0, 0.05) is 98.6 Å². The van der Waals surface area contributed by atoms with E-state index in [0.29, 0.717) is 16.0 Å². The number of imidazole rings is 2. The summed E-state index contributed by atoms with van der Waals surface area (Å²) in [6.45, 7) is 6.57. The summed E-state index contributed by atoms with van der Waals surface area (Å²) in [7, 11) is 0. The molecule has 0 radical (unpaired) electrons. The average Bonchev–Trinajstić information content (AvgIpc) is 3.88. The lowest BCUT2D eigenvalue weighted by Gasteiger charge is -2.26. The Hall–Kier alpha value is -1.54. The quantitative estimate of drug-likeness (QED) is 0.290. The molecule has 0 spiro atoms. The minimum Gasteiger partial charge on any atom is -0.480 e. The number of aromatic nitrogens is 4. The van der Waals surface area contributed by atoms with E-state index in [4.69, 9.17) is 46.9 Å². The summed E-state index contributed by atoms with van der Waals surface area (Å²) in [6, 6.07) is 0. The predicted octanol–water partition coefficient (Wildman–Crippen LogP) is 2.34. The highest BCUT2D eigenvalue weighted by Crippen LogP contribution is 2.20. The van der Waals surface area contributed by atoms with Crippen molar-refractivity contribution in [2.75, 3.05) is 85.4 Å². The zero-order valence-electron chi connectivity index (χ0n) is 24.2. The third-order valence-electron chi connectivity index (χ3n) is 5.56. The van der Waals surface area contributed by atoms with Crippen LogP contribution in [-0.4, -0.2) is 147 Å². The Labute approximate surface area is 291 Å². The van der Waals surface area contributed by atoms with E-state index in [1.165, 1.54) is 24.6 Å². The number of thiocarbonyl (C=S) groups is 2. The summed E-state index contributed by atoms with van der Waals surface area (Å²) in [5, 5.41) is 13.0. The first kappa shape index (κ1) is 38.6. The van der Waals surface area contributed by atoms with Crippen molar-refractivity contribution < 1.29 is 14.7 Å². The van der Waals surface area contributed by atoms with Gasteiger partial charge in [0.05, 0.1) is 5.75 Å². The molecule has 6 heterocycles. The number of amidine groups is 1. The summed E-state index contributed by atoms with van der Waals surface area (Å²) < 4.78 is 3.49. The van der Waals surface area contributed by atoms with Crippen molar-refractivity contribution >= 4 is 110 Å². The minimum absolute atomic E-state index is 0.0215. The number of thioether (sulfide) groups is 4. The van der Waals surface area contributed by atoms with Crippen molar-refractivity contribution in [2.45, 2.75) is 0 Å². The second kappa shape index (κ2) is 23.7. The molecule has 3 saturated heterocycles. The number of nitrogens with one attached hydrogen (secondary N) is 1. The number of aliphatic imine (C=N–C) groups is 1. The number of alkyl halides is 1. The number of carbonyl (C=O) groups is 2. The van der Waals surface area contributed by atoms with Crippen LogP contribution in [0.15, 0.2) is 42.4 Å². The Morgan fingerprint density at radius 3 is 1.75 bits per heavy atom. The van der Waals surface area contributed by atoms with E-state index in [9.17, 15) is 9.59 Å². The van der Waals surface area contributed by atoms with Crippen molar-refractivity contribution in [3.05, 3.63) is 37.4 Å². The molecule has 244 valence electrons. The summed E-state index contributed by atoms with van der Waals surface area (Å²) in [5.74, 6) is 6.54. The molecule has 1 amide bonds. The summed E-state index contributed by atoms with van der Waals surface area (Å²) >= 11 is 22.2. The normalized spacial score (nSPS) is 17.6. The number of amides is 1. The Kier molecular flexibility index (Phi) is 20.9. The van der Waals surface area contributed by atoms with Gasteiger partial charge in [-0.3, -0.25) is 18.7 Å². The number of hydrogen-bond acceptors (Lipinski definition) is 12. The van der Waals surface area contributed by atoms with Crippen LogP contribution in [0.3, 0.4) is 0 Å². The first-order chi connectivity index (χ1) is 21.3. The first-order valence-corrected chi connectivity index (χ1v) is 19.4. The predicted molar refractivity (Wildman–Crippen MR) is 196 cm³/mol. The molecule has 0 saturated carbocycles. The van der Waals surface area contributed by atoms with Gasteiger partial charge in [-0.25, -0.2) is 9.97 Å². The molecular weight excluding hydrogens is 702 g/mol. The van der Waals surface area contributed by atoms with Crippen LogP contribution in [0.4, 0.5) is 0 Å². The maximum Gasteiger partial charge on any atom is 0.318 e. The average molecular weight is 740 g/mol. The Morgan fingerprint density at radius 2 is 1.43 bits per heavy atom. The molecule has 0 aliphatic carbocycles. The van der Waals surface area contributed by atoms with Gasteiger partial charge in [-0.2, -0.15) is 40.3 Å². The largest absolute Gasteiger partial charge is 0.480 e. The number of carbonyl (C=O) groups excluding carboxylic acids is 1. The highest BCUT2D eigenvalue weighted by molar-refractivity contribution is 8.14. The van der Waals surface area contributed by atoms with Crippen molar-refractivity contribution in [2.24, 2.45) is 10.7 Å². The second-order valence-corrected chi connectivity index (χ2v) is 14.4. The van der Waals surface area contributed by atoms with Crippen LogP contribution in [0.1, 0.15) is 0 Å². The standard InChI is InChI=1S/C7H6N4S.C7H10N2OS2.C5H10N2S2.C4H9NS.C2H3ClO2/c12-7(10-3-1-8-5-10)11-4-2-9-6-11;10-6-5-12-7(8-6)9-1-3-11-4-2-9;6-5(8)7-1-3-9-4-2-7;1-3-6-4-2-5-1;3-1-2(4)5/h1-6H;1-5H2;1-4H2,(H2,6,8);5H,1-4H2;1H2,(H,4,5). The van der Waals surface area contributed by atoms with E-state index in [0.717, 1.165) is 54.4 Å². The number of carboxylic acids is 1. The van der Waals surface area contributed by atoms with E-state index in [1.54, 1.807) is 58.3 Å². The molecule has 2 aromatic heterocycles. The lowest BCUT2D eigenvalue weighted by Crippen LogP contribution is -2.41. The SMILES string of the molecule is C1CSCCN1.NC(=S)N1CCSCC1.O=C(O)CCl.O=C1CSC(N2CCSCC2)=N1.S=C(n1ccnc1)n1ccnc1. The zero-order valence-corrected chi connectivity index (χ0v) is 29.8. The van der Waals surface area contributed by atoms with Gasteiger partial charge in [-0.1, -0.05) is 11.8 Å². The maximum absolute atomic E-state index is 10.9. The van der Waals surface area contributed by atoms with Crippen LogP contribution in [0.25, 0.3) is 0 Å². The highest BCUT2D eigenvalue weighted by Gasteiger charge is 2.22. The second-order valence-electron chi connectivity index (χ2n) is 8.73. The molecule has 3 fully saturated rings.